The van der Waals surface area contributed by atoms with Crippen molar-refractivity contribution in [2.45, 2.75) is 38.6 Å². The summed E-state index contributed by atoms with van der Waals surface area (Å²) in [4.78, 5) is 12.8. The number of hydrogen-bond donors (Lipinski definition) is 0. The van der Waals surface area contributed by atoms with Gasteiger partial charge in [-0.05, 0) is 47.9 Å². The van der Waals surface area contributed by atoms with E-state index in [2.05, 4.69) is 15.5 Å². The van der Waals surface area contributed by atoms with Crippen molar-refractivity contribution in [3.8, 4) is 0 Å². The van der Waals surface area contributed by atoms with Crippen molar-refractivity contribution >= 4 is 22.5 Å². The zero-order valence-electron chi connectivity index (χ0n) is 15.1. The van der Waals surface area contributed by atoms with Crippen LogP contribution in [0.4, 0.5) is 13.2 Å². The Labute approximate surface area is 158 Å². The molecule has 28 heavy (non-hydrogen) atoms. The van der Waals surface area contributed by atoms with E-state index in [1.807, 2.05) is 25.1 Å². The molecule has 1 atom stereocenters. The normalized spacial score (nSPS) is 17.5. The van der Waals surface area contributed by atoms with Crippen molar-refractivity contribution in [3.63, 3.8) is 0 Å². The number of ether oxygens (including phenoxy) is 1. The largest absolute Gasteiger partial charge is 0.471 e. The van der Waals surface area contributed by atoms with Gasteiger partial charge < -0.3 is 9.64 Å². The number of alkyl halides is 3. The number of amides is 1. The second kappa shape index (κ2) is 7.01. The van der Waals surface area contributed by atoms with Gasteiger partial charge in [0.1, 0.15) is 0 Å². The quantitative estimate of drug-likeness (QED) is 0.682. The first-order valence-electron chi connectivity index (χ1n) is 8.91. The summed E-state index contributed by atoms with van der Waals surface area (Å²) in [5.41, 5.74) is 2.52. The molecule has 3 heterocycles. The number of rotatable bonds is 4. The number of hydrogen-bond acceptors (Lipinski definition) is 5. The maximum atomic E-state index is 13.1. The fraction of sp³-hybridized carbons (Fsp3) is 0.444. The van der Waals surface area contributed by atoms with Gasteiger partial charge in [0.25, 0.3) is 0 Å². The van der Waals surface area contributed by atoms with Gasteiger partial charge in [-0.2, -0.15) is 17.7 Å². The minimum absolute atomic E-state index is 0.127. The van der Waals surface area contributed by atoms with E-state index in [1.54, 1.807) is 6.07 Å². The van der Waals surface area contributed by atoms with Gasteiger partial charge >= 0.3 is 12.1 Å². The van der Waals surface area contributed by atoms with Crippen LogP contribution < -0.4 is 0 Å². The first kappa shape index (κ1) is 18.6. The first-order valence-corrected chi connectivity index (χ1v) is 8.91. The Kier molecular flexibility index (Phi) is 4.66. The Morgan fingerprint density at radius 2 is 2.18 bits per heavy atom. The van der Waals surface area contributed by atoms with E-state index in [0.717, 1.165) is 27.8 Å². The Hall–Kier alpha value is -2.75. The van der Waals surface area contributed by atoms with Crippen LogP contribution in [0.15, 0.2) is 24.3 Å². The molecule has 0 spiro atoms. The van der Waals surface area contributed by atoms with Crippen LogP contribution in [0.3, 0.4) is 0 Å². The molecule has 4 rings (SSSR count). The smallest absolute Gasteiger partial charge is 0.376 e. The second-order valence-electron chi connectivity index (χ2n) is 6.96. The molecule has 0 bridgehead atoms. The summed E-state index contributed by atoms with van der Waals surface area (Å²) in [6.07, 6.45) is -3.97. The van der Waals surface area contributed by atoms with Crippen LogP contribution in [0.5, 0.6) is 0 Å². The van der Waals surface area contributed by atoms with E-state index in [1.165, 1.54) is 4.52 Å². The summed E-state index contributed by atoms with van der Waals surface area (Å²) in [5, 5.41) is 12.3. The molecule has 0 unspecified atom stereocenters. The van der Waals surface area contributed by atoms with Gasteiger partial charge in [0.2, 0.25) is 0 Å². The number of nitrogens with zero attached hydrogens (tertiary/aromatic N) is 5. The molecule has 10 heteroatoms. The standard InChI is InChI=1S/C18H18F3N5O2/c1-11-4-5-12-8-13(16-22-23-24-26(16)15(12)7-11)9-25(17(27)18(19,20)21)10-14-3-2-6-28-14/h4-5,7-8,14H,2-3,6,9-10H2,1H3/t14-/m0/s1. The number of benzene rings is 1. The van der Waals surface area contributed by atoms with Crippen molar-refractivity contribution in [1.82, 2.24) is 24.9 Å². The molecule has 1 amide bonds. The molecule has 1 aliphatic heterocycles. The number of halogens is 3. The lowest BCUT2D eigenvalue weighted by molar-refractivity contribution is -0.187. The number of fused-ring (bicyclic) bond motifs is 3. The molecule has 1 fully saturated rings. The van der Waals surface area contributed by atoms with Gasteiger partial charge in [-0.1, -0.05) is 12.1 Å². The fourth-order valence-electron chi connectivity index (χ4n) is 3.52. The summed E-state index contributed by atoms with van der Waals surface area (Å²) in [6, 6.07) is 7.37. The summed E-state index contributed by atoms with van der Waals surface area (Å²) in [5.74, 6) is -1.89. The summed E-state index contributed by atoms with van der Waals surface area (Å²) in [6.45, 7) is 2.03. The fourth-order valence-corrected chi connectivity index (χ4v) is 3.52. The van der Waals surface area contributed by atoms with E-state index in [0.29, 0.717) is 24.2 Å². The topological polar surface area (TPSA) is 72.6 Å². The molecule has 2 aromatic heterocycles. The number of aryl methyl sites for hydroxylation is 1. The van der Waals surface area contributed by atoms with Gasteiger partial charge in [-0.3, -0.25) is 4.79 Å². The van der Waals surface area contributed by atoms with Crippen LogP contribution >= 0.6 is 0 Å². The molecule has 0 aliphatic carbocycles. The summed E-state index contributed by atoms with van der Waals surface area (Å²) < 4.78 is 46.4. The van der Waals surface area contributed by atoms with Gasteiger partial charge in [0, 0.05) is 30.6 Å². The molecular weight excluding hydrogens is 375 g/mol. The average molecular weight is 393 g/mol. The lowest BCUT2D eigenvalue weighted by atomic mass is 10.1. The minimum Gasteiger partial charge on any atom is -0.376 e. The van der Waals surface area contributed by atoms with Crippen molar-refractivity contribution in [2.24, 2.45) is 0 Å². The predicted octanol–water partition coefficient (Wildman–Crippen LogP) is 2.66. The first-order chi connectivity index (χ1) is 13.3. The Morgan fingerprint density at radius 3 is 2.89 bits per heavy atom. The molecule has 0 radical (unpaired) electrons. The van der Waals surface area contributed by atoms with Gasteiger partial charge in [0.05, 0.1) is 11.6 Å². The average Bonchev–Trinajstić information content (AvgIpc) is 3.32. The van der Waals surface area contributed by atoms with E-state index in [-0.39, 0.29) is 13.1 Å². The Morgan fingerprint density at radius 1 is 1.36 bits per heavy atom. The van der Waals surface area contributed by atoms with Crippen LogP contribution in [0.25, 0.3) is 16.6 Å². The molecule has 1 saturated heterocycles. The molecule has 1 aromatic carbocycles. The predicted molar refractivity (Wildman–Crippen MR) is 93.5 cm³/mol. The van der Waals surface area contributed by atoms with Gasteiger partial charge in [0.15, 0.2) is 5.65 Å². The molecule has 1 aliphatic rings. The highest BCUT2D eigenvalue weighted by molar-refractivity contribution is 5.85. The van der Waals surface area contributed by atoms with E-state index < -0.39 is 18.2 Å². The number of carbonyl (C=O) groups excluding carboxylic acids is 1. The number of tetrazole rings is 1. The van der Waals surface area contributed by atoms with Crippen molar-refractivity contribution in [2.75, 3.05) is 13.2 Å². The van der Waals surface area contributed by atoms with Crippen LogP contribution in [0, 0.1) is 6.92 Å². The molecule has 0 N–H and O–H groups in total. The second-order valence-corrected chi connectivity index (χ2v) is 6.96. The van der Waals surface area contributed by atoms with Gasteiger partial charge in [-0.25, -0.2) is 0 Å². The third-order valence-electron chi connectivity index (χ3n) is 4.84. The third-order valence-corrected chi connectivity index (χ3v) is 4.84. The van der Waals surface area contributed by atoms with Crippen LogP contribution in [-0.2, 0) is 16.1 Å². The van der Waals surface area contributed by atoms with Crippen molar-refractivity contribution in [1.29, 1.82) is 0 Å². The highest BCUT2D eigenvalue weighted by Crippen LogP contribution is 2.26. The van der Waals surface area contributed by atoms with Gasteiger partial charge in [-0.15, -0.1) is 5.10 Å². The highest BCUT2D eigenvalue weighted by Gasteiger charge is 2.43. The van der Waals surface area contributed by atoms with E-state index in [4.69, 9.17) is 4.74 Å². The van der Waals surface area contributed by atoms with E-state index >= 15 is 0 Å². The molecule has 148 valence electrons. The number of pyridine rings is 1. The molecular formula is C18H18F3N5O2. The van der Waals surface area contributed by atoms with E-state index in [9.17, 15) is 18.0 Å². The SMILES string of the molecule is Cc1ccc2cc(CN(C[C@@H]3CCCO3)C(=O)C(F)(F)F)c3nnnn3c2c1. The monoisotopic (exact) mass is 393 g/mol. The van der Waals surface area contributed by atoms with Crippen LogP contribution in [-0.4, -0.2) is 56.3 Å². The van der Waals surface area contributed by atoms with Crippen LogP contribution in [0.2, 0.25) is 0 Å². The lowest BCUT2D eigenvalue weighted by Gasteiger charge is -2.26. The highest BCUT2D eigenvalue weighted by atomic mass is 19.4. The lowest BCUT2D eigenvalue weighted by Crippen LogP contribution is -2.44. The molecule has 7 nitrogen and oxygen atoms in total. The van der Waals surface area contributed by atoms with Crippen LogP contribution in [0.1, 0.15) is 24.0 Å². The Bertz CT molecular complexity index is 1030. The van der Waals surface area contributed by atoms with Crippen molar-refractivity contribution in [3.05, 3.63) is 35.4 Å². The summed E-state index contributed by atoms with van der Waals surface area (Å²) >= 11 is 0. The zero-order chi connectivity index (χ0) is 19.9. The molecule has 3 aromatic rings. The minimum atomic E-state index is -4.96. The third kappa shape index (κ3) is 3.51. The zero-order valence-corrected chi connectivity index (χ0v) is 15.1. The van der Waals surface area contributed by atoms with Crippen molar-refractivity contribution < 1.29 is 22.7 Å². The number of aromatic nitrogens is 4. The Balaban J connectivity index is 1.74. The molecule has 0 saturated carbocycles. The number of carbonyl (C=O) groups is 1. The maximum absolute atomic E-state index is 13.1. The summed E-state index contributed by atoms with van der Waals surface area (Å²) in [7, 11) is 0. The maximum Gasteiger partial charge on any atom is 0.471 e.